The number of aromatic nitrogens is 6. The van der Waals surface area contributed by atoms with Crippen molar-refractivity contribution >= 4 is 30.8 Å². The Balaban J connectivity index is 1.46. The van der Waals surface area contributed by atoms with Crippen LogP contribution in [0, 0.1) is 0 Å². The van der Waals surface area contributed by atoms with E-state index in [4.69, 9.17) is 25.5 Å². The lowest BCUT2D eigenvalue weighted by atomic mass is 10.1. The number of rotatable bonds is 8. The standard InChI is InChI=1S/C27H37ClN6O3Si/c1-27(2,3)38(5,6)37-12-10-32-18-25(30-31-32)33-17-21(20-13-24(35-4)22(28)14-23(20)33)19-15-29-34(16-19)26-9-7-8-11-36-26/h13-18,26H,7-12H2,1-6H3. The molecule has 1 saturated heterocycles. The number of halogens is 1. The molecule has 0 spiro atoms. The molecule has 4 heterocycles. The molecule has 1 unspecified atom stereocenters. The maximum Gasteiger partial charge on any atom is 0.192 e. The first kappa shape index (κ1) is 26.9. The van der Waals surface area contributed by atoms with E-state index in [1.807, 2.05) is 44.7 Å². The van der Waals surface area contributed by atoms with Crippen molar-refractivity contribution in [3.8, 4) is 22.7 Å². The van der Waals surface area contributed by atoms with Crippen LogP contribution >= 0.6 is 11.6 Å². The van der Waals surface area contributed by atoms with E-state index in [0.717, 1.165) is 47.9 Å². The quantitative estimate of drug-likeness (QED) is 0.231. The third-order valence-corrected chi connectivity index (χ3v) is 12.6. The third-order valence-electron chi connectivity index (χ3n) is 7.80. The number of ether oxygens (including phenoxy) is 2. The molecule has 204 valence electrons. The minimum Gasteiger partial charge on any atom is -0.495 e. The summed E-state index contributed by atoms with van der Waals surface area (Å²) in [6.07, 6.45) is 11.1. The van der Waals surface area contributed by atoms with Gasteiger partial charge in [0.25, 0.3) is 0 Å². The lowest BCUT2D eigenvalue weighted by molar-refractivity contribution is -0.0394. The largest absolute Gasteiger partial charge is 0.495 e. The van der Waals surface area contributed by atoms with Gasteiger partial charge in [-0.1, -0.05) is 37.6 Å². The number of hydrogen-bond donors (Lipinski definition) is 0. The lowest BCUT2D eigenvalue weighted by Gasteiger charge is -2.36. The zero-order valence-corrected chi connectivity index (χ0v) is 24.8. The number of benzene rings is 1. The Morgan fingerprint density at radius 1 is 1.16 bits per heavy atom. The van der Waals surface area contributed by atoms with Gasteiger partial charge in [-0.25, -0.2) is 9.36 Å². The summed E-state index contributed by atoms with van der Waals surface area (Å²) in [6, 6.07) is 3.88. The number of methoxy groups -OCH3 is 1. The van der Waals surface area contributed by atoms with Crippen LogP contribution in [0.3, 0.4) is 0 Å². The Bertz CT molecular complexity index is 1410. The average molecular weight is 557 g/mol. The molecule has 0 radical (unpaired) electrons. The van der Waals surface area contributed by atoms with Crippen LogP contribution in [0.15, 0.2) is 36.9 Å². The van der Waals surface area contributed by atoms with E-state index >= 15 is 0 Å². The van der Waals surface area contributed by atoms with Gasteiger partial charge >= 0.3 is 0 Å². The van der Waals surface area contributed by atoms with Crippen molar-refractivity contribution in [1.29, 1.82) is 0 Å². The molecule has 1 aromatic carbocycles. The van der Waals surface area contributed by atoms with Crippen molar-refractivity contribution in [2.45, 2.75) is 70.9 Å². The van der Waals surface area contributed by atoms with E-state index in [-0.39, 0.29) is 11.3 Å². The summed E-state index contributed by atoms with van der Waals surface area (Å²) >= 11 is 6.55. The van der Waals surface area contributed by atoms with Crippen molar-refractivity contribution in [1.82, 2.24) is 29.3 Å². The SMILES string of the molecule is COc1cc2c(-c3cnn(C4CCCCO4)c3)cn(-c3cn(CCO[Si](C)(C)C(C)(C)C)nn3)c2cc1Cl. The molecule has 11 heteroatoms. The molecule has 38 heavy (non-hydrogen) atoms. The summed E-state index contributed by atoms with van der Waals surface area (Å²) in [5, 5.41) is 15.2. The second-order valence-electron chi connectivity index (χ2n) is 11.4. The summed E-state index contributed by atoms with van der Waals surface area (Å²) in [5.74, 6) is 1.32. The third kappa shape index (κ3) is 5.27. The summed E-state index contributed by atoms with van der Waals surface area (Å²) in [5.41, 5.74) is 2.91. The molecule has 1 fully saturated rings. The van der Waals surface area contributed by atoms with Gasteiger partial charge in [-0.15, -0.1) is 5.10 Å². The fourth-order valence-corrected chi connectivity index (χ4v) is 5.76. The van der Waals surface area contributed by atoms with Gasteiger partial charge in [0.15, 0.2) is 14.1 Å². The fraction of sp³-hybridized carbons (Fsp3) is 0.519. The van der Waals surface area contributed by atoms with Crippen LogP contribution in [-0.4, -0.2) is 58.0 Å². The predicted molar refractivity (Wildman–Crippen MR) is 152 cm³/mol. The Kier molecular flexibility index (Phi) is 7.43. The Hall–Kier alpha value is -2.66. The highest BCUT2D eigenvalue weighted by Crippen LogP contribution is 2.39. The first-order valence-electron chi connectivity index (χ1n) is 13.2. The zero-order chi connectivity index (χ0) is 27.1. The summed E-state index contributed by atoms with van der Waals surface area (Å²) in [4.78, 5) is 0. The highest BCUT2D eigenvalue weighted by atomic mass is 35.5. The minimum absolute atomic E-state index is 0.0247. The molecule has 9 nitrogen and oxygen atoms in total. The normalized spacial score (nSPS) is 16.9. The molecule has 0 N–H and O–H groups in total. The lowest BCUT2D eigenvalue weighted by Crippen LogP contribution is -2.41. The first-order valence-corrected chi connectivity index (χ1v) is 16.5. The van der Waals surface area contributed by atoms with Crippen LogP contribution in [0.2, 0.25) is 23.2 Å². The van der Waals surface area contributed by atoms with E-state index < -0.39 is 8.32 Å². The van der Waals surface area contributed by atoms with Gasteiger partial charge < -0.3 is 13.9 Å². The molecule has 4 aromatic rings. The maximum atomic E-state index is 6.55. The van der Waals surface area contributed by atoms with Gasteiger partial charge in [-0.2, -0.15) is 5.10 Å². The minimum atomic E-state index is -1.82. The van der Waals surface area contributed by atoms with Crippen molar-refractivity contribution in [2.24, 2.45) is 0 Å². The molecule has 0 saturated carbocycles. The van der Waals surface area contributed by atoms with Gasteiger partial charge in [0.1, 0.15) is 12.0 Å². The highest BCUT2D eigenvalue weighted by molar-refractivity contribution is 6.74. The van der Waals surface area contributed by atoms with E-state index in [1.165, 1.54) is 0 Å². The molecule has 5 rings (SSSR count). The highest BCUT2D eigenvalue weighted by Gasteiger charge is 2.36. The van der Waals surface area contributed by atoms with Gasteiger partial charge in [0.2, 0.25) is 0 Å². The van der Waals surface area contributed by atoms with Crippen LogP contribution in [0.1, 0.15) is 46.3 Å². The van der Waals surface area contributed by atoms with Crippen LogP contribution in [-0.2, 0) is 15.7 Å². The maximum absolute atomic E-state index is 6.55. The fourth-order valence-electron chi connectivity index (χ4n) is 4.49. The monoisotopic (exact) mass is 556 g/mol. The Morgan fingerprint density at radius 3 is 2.68 bits per heavy atom. The first-order chi connectivity index (χ1) is 18.1. The van der Waals surface area contributed by atoms with Crippen LogP contribution < -0.4 is 4.74 Å². The molecular formula is C27H37ClN6O3Si. The van der Waals surface area contributed by atoms with Crippen LogP contribution in [0.4, 0.5) is 0 Å². The molecular weight excluding hydrogens is 520 g/mol. The average Bonchev–Trinajstić information content (AvgIpc) is 3.62. The van der Waals surface area contributed by atoms with Crippen molar-refractivity contribution < 1.29 is 13.9 Å². The number of nitrogens with zero attached hydrogens (tertiary/aromatic N) is 6. The smallest absolute Gasteiger partial charge is 0.192 e. The van der Waals surface area contributed by atoms with Crippen molar-refractivity contribution in [3.05, 3.63) is 41.9 Å². The van der Waals surface area contributed by atoms with Gasteiger partial charge in [-0.05, 0) is 49.5 Å². The van der Waals surface area contributed by atoms with Gasteiger partial charge in [0.05, 0.1) is 43.2 Å². The predicted octanol–water partition coefficient (Wildman–Crippen LogP) is 6.47. The van der Waals surface area contributed by atoms with Crippen LogP contribution in [0.5, 0.6) is 5.75 Å². The summed E-state index contributed by atoms with van der Waals surface area (Å²) in [7, 11) is -0.198. The Morgan fingerprint density at radius 2 is 1.97 bits per heavy atom. The summed E-state index contributed by atoms with van der Waals surface area (Å²) in [6.45, 7) is 13.2. The second-order valence-corrected chi connectivity index (χ2v) is 16.6. The second kappa shape index (κ2) is 10.5. The molecule has 3 aromatic heterocycles. The van der Waals surface area contributed by atoms with E-state index in [2.05, 4.69) is 55.5 Å². The molecule has 0 bridgehead atoms. The van der Waals surface area contributed by atoms with Crippen molar-refractivity contribution in [2.75, 3.05) is 20.3 Å². The van der Waals surface area contributed by atoms with Gasteiger partial charge in [0, 0.05) is 35.5 Å². The van der Waals surface area contributed by atoms with E-state index in [9.17, 15) is 0 Å². The molecule has 1 aliphatic rings. The number of hydrogen-bond acceptors (Lipinski definition) is 6. The van der Waals surface area contributed by atoms with E-state index in [0.29, 0.717) is 29.7 Å². The van der Waals surface area contributed by atoms with Gasteiger partial charge in [-0.3, -0.25) is 4.57 Å². The summed E-state index contributed by atoms with van der Waals surface area (Å²) < 4.78 is 23.6. The molecule has 0 aliphatic carbocycles. The number of fused-ring (bicyclic) bond motifs is 1. The van der Waals surface area contributed by atoms with Crippen LogP contribution in [0.25, 0.3) is 27.8 Å². The Labute approximate surface area is 229 Å². The molecule has 0 amide bonds. The molecule has 1 aliphatic heterocycles. The van der Waals surface area contributed by atoms with Crippen molar-refractivity contribution in [3.63, 3.8) is 0 Å². The zero-order valence-electron chi connectivity index (χ0n) is 23.1. The topological polar surface area (TPSA) is 81.2 Å². The van der Waals surface area contributed by atoms with E-state index in [1.54, 1.807) is 7.11 Å². The molecule has 1 atom stereocenters.